The van der Waals surface area contributed by atoms with Gasteiger partial charge in [-0.1, -0.05) is 30.2 Å². The molecular weight excluding hydrogens is 244 g/mol. The summed E-state index contributed by atoms with van der Waals surface area (Å²) in [7, 11) is 0. The molecule has 18 heavy (non-hydrogen) atoms. The van der Waals surface area contributed by atoms with Crippen LogP contribution in [-0.4, -0.2) is 11.7 Å². The van der Waals surface area contributed by atoms with Gasteiger partial charge in [-0.15, -0.1) is 0 Å². The average Bonchev–Trinajstić information content (AvgIpc) is 2.98. The lowest BCUT2D eigenvalue weighted by molar-refractivity contribution is 0.219. The molecule has 0 heterocycles. The Morgan fingerprint density at radius 3 is 2.78 bits per heavy atom. The maximum atomic E-state index is 9.66. The first-order valence-electron chi connectivity index (χ1n) is 7.12. The molecule has 1 nitrogen and oxygen atoms in total. The van der Waals surface area contributed by atoms with Crippen molar-refractivity contribution < 1.29 is 5.11 Å². The molecule has 2 saturated carbocycles. The van der Waals surface area contributed by atoms with E-state index < -0.39 is 0 Å². The molecule has 0 amide bonds. The monoisotopic (exact) mass is 264 g/mol. The minimum Gasteiger partial charge on any atom is -0.396 e. The summed E-state index contributed by atoms with van der Waals surface area (Å²) in [5.41, 5.74) is 1.20. The van der Waals surface area contributed by atoms with Crippen LogP contribution in [0, 0.1) is 17.8 Å². The Morgan fingerprint density at radius 1 is 1.28 bits per heavy atom. The predicted octanol–water partition coefficient (Wildman–Crippen LogP) is 4.24. The van der Waals surface area contributed by atoms with Crippen LogP contribution in [0.4, 0.5) is 0 Å². The largest absolute Gasteiger partial charge is 0.396 e. The van der Waals surface area contributed by atoms with E-state index in [0.29, 0.717) is 0 Å². The molecule has 0 aliphatic heterocycles. The highest BCUT2D eigenvalue weighted by Gasteiger charge is 2.40. The zero-order valence-corrected chi connectivity index (χ0v) is 11.4. The van der Waals surface area contributed by atoms with Crippen LogP contribution < -0.4 is 0 Å². The Morgan fingerprint density at radius 2 is 2.17 bits per heavy atom. The molecule has 0 radical (unpaired) electrons. The van der Waals surface area contributed by atoms with Crippen molar-refractivity contribution >= 4 is 11.6 Å². The van der Waals surface area contributed by atoms with Crippen LogP contribution in [0.15, 0.2) is 24.3 Å². The molecule has 2 aliphatic carbocycles. The number of hydrogen-bond acceptors (Lipinski definition) is 1. The molecule has 1 aromatic carbocycles. The SMILES string of the molecule is OCC(CC1CC2CCC1C2)c1cccc(Cl)c1. The van der Waals surface area contributed by atoms with Gasteiger partial charge in [-0.25, -0.2) is 0 Å². The van der Waals surface area contributed by atoms with E-state index in [1.54, 1.807) is 0 Å². The minimum atomic E-state index is 0.244. The molecule has 2 aliphatic rings. The molecule has 2 heteroatoms. The summed E-state index contributed by atoms with van der Waals surface area (Å²) in [6, 6.07) is 7.99. The second-order valence-corrected chi connectivity index (χ2v) is 6.54. The van der Waals surface area contributed by atoms with Crippen LogP contribution in [0.25, 0.3) is 0 Å². The first-order valence-corrected chi connectivity index (χ1v) is 7.50. The fraction of sp³-hybridized carbons (Fsp3) is 0.625. The van der Waals surface area contributed by atoms with Crippen molar-refractivity contribution in [3.8, 4) is 0 Å². The van der Waals surface area contributed by atoms with E-state index in [2.05, 4.69) is 6.07 Å². The van der Waals surface area contributed by atoms with E-state index in [9.17, 15) is 5.11 Å². The van der Waals surface area contributed by atoms with E-state index in [4.69, 9.17) is 11.6 Å². The summed E-state index contributed by atoms with van der Waals surface area (Å²) >= 11 is 6.04. The van der Waals surface area contributed by atoms with Gasteiger partial charge in [0.25, 0.3) is 0 Å². The van der Waals surface area contributed by atoms with E-state index in [0.717, 1.165) is 29.2 Å². The van der Waals surface area contributed by atoms with Gasteiger partial charge in [0.2, 0.25) is 0 Å². The van der Waals surface area contributed by atoms with Crippen molar-refractivity contribution in [2.24, 2.45) is 17.8 Å². The standard InChI is InChI=1S/C16H21ClO/c17-16-3-1-2-12(9-16)15(10-18)8-14-7-11-4-5-13(14)6-11/h1-3,9,11,13-15,18H,4-8,10H2. The van der Waals surface area contributed by atoms with Gasteiger partial charge in [-0.2, -0.15) is 0 Å². The summed E-state index contributed by atoms with van der Waals surface area (Å²) in [6.07, 6.45) is 6.84. The molecule has 1 aromatic rings. The quantitative estimate of drug-likeness (QED) is 0.862. The normalized spacial score (nSPS) is 31.8. The highest BCUT2D eigenvalue weighted by atomic mass is 35.5. The molecule has 0 saturated heterocycles. The van der Waals surface area contributed by atoms with Crippen molar-refractivity contribution in [2.45, 2.75) is 38.0 Å². The van der Waals surface area contributed by atoms with Crippen molar-refractivity contribution in [3.63, 3.8) is 0 Å². The van der Waals surface area contributed by atoms with E-state index >= 15 is 0 Å². The number of benzene rings is 1. The molecule has 4 atom stereocenters. The van der Waals surface area contributed by atoms with E-state index in [1.807, 2.05) is 18.2 Å². The van der Waals surface area contributed by atoms with Crippen molar-refractivity contribution in [3.05, 3.63) is 34.9 Å². The van der Waals surface area contributed by atoms with Gasteiger partial charge >= 0.3 is 0 Å². The van der Waals surface area contributed by atoms with Crippen LogP contribution in [0.1, 0.15) is 43.6 Å². The molecule has 0 aromatic heterocycles. The highest BCUT2D eigenvalue weighted by molar-refractivity contribution is 6.30. The average molecular weight is 265 g/mol. The molecule has 1 N–H and O–H groups in total. The third kappa shape index (κ3) is 2.44. The zero-order valence-electron chi connectivity index (χ0n) is 10.7. The summed E-state index contributed by atoms with van der Waals surface area (Å²) in [4.78, 5) is 0. The Bertz CT molecular complexity index is 417. The first-order chi connectivity index (χ1) is 8.76. The second kappa shape index (κ2) is 5.22. The van der Waals surface area contributed by atoms with E-state index in [1.165, 1.54) is 31.2 Å². The summed E-state index contributed by atoms with van der Waals surface area (Å²) in [5, 5.41) is 10.4. The second-order valence-electron chi connectivity index (χ2n) is 6.11. The number of aliphatic hydroxyl groups excluding tert-OH is 1. The molecule has 98 valence electrons. The van der Waals surface area contributed by atoms with Gasteiger partial charge in [-0.3, -0.25) is 0 Å². The maximum Gasteiger partial charge on any atom is 0.0499 e. The zero-order chi connectivity index (χ0) is 12.5. The minimum absolute atomic E-state index is 0.244. The molecule has 2 bridgehead atoms. The Labute approximate surface area is 114 Å². The van der Waals surface area contributed by atoms with Gasteiger partial charge < -0.3 is 5.11 Å². The number of hydrogen-bond donors (Lipinski definition) is 1. The fourth-order valence-electron chi connectivity index (χ4n) is 4.11. The third-order valence-corrected chi connectivity index (χ3v) is 5.25. The lowest BCUT2D eigenvalue weighted by atomic mass is 9.80. The van der Waals surface area contributed by atoms with Crippen LogP contribution in [0.3, 0.4) is 0 Å². The number of aliphatic hydroxyl groups is 1. The molecule has 0 spiro atoms. The van der Waals surface area contributed by atoms with Gasteiger partial charge in [0, 0.05) is 17.5 Å². The Balaban J connectivity index is 1.69. The summed E-state index contributed by atoms with van der Waals surface area (Å²) in [6.45, 7) is 0.244. The van der Waals surface area contributed by atoms with Crippen molar-refractivity contribution in [1.82, 2.24) is 0 Å². The summed E-state index contributed by atoms with van der Waals surface area (Å²) < 4.78 is 0. The smallest absolute Gasteiger partial charge is 0.0499 e. The Kier molecular flexibility index (Phi) is 3.63. The number of fused-ring (bicyclic) bond motifs is 2. The first kappa shape index (κ1) is 12.5. The molecule has 2 fully saturated rings. The third-order valence-electron chi connectivity index (χ3n) is 5.01. The van der Waals surface area contributed by atoms with E-state index in [-0.39, 0.29) is 12.5 Å². The van der Waals surface area contributed by atoms with Crippen LogP contribution in [-0.2, 0) is 0 Å². The number of halogens is 1. The molecule has 4 unspecified atom stereocenters. The lowest BCUT2D eigenvalue weighted by Gasteiger charge is -2.26. The molecular formula is C16H21ClO. The van der Waals surface area contributed by atoms with Gasteiger partial charge in [0.15, 0.2) is 0 Å². The summed E-state index contributed by atoms with van der Waals surface area (Å²) in [5.74, 6) is 3.02. The van der Waals surface area contributed by atoms with Gasteiger partial charge in [0.1, 0.15) is 0 Å². The fourth-order valence-corrected chi connectivity index (χ4v) is 4.31. The van der Waals surface area contributed by atoms with Crippen molar-refractivity contribution in [2.75, 3.05) is 6.61 Å². The topological polar surface area (TPSA) is 20.2 Å². The Hall–Kier alpha value is -0.530. The lowest BCUT2D eigenvalue weighted by Crippen LogP contribution is -2.16. The number of rotatable bonds is 4. The van der Waals surface area contributed by atoms with Crippen LogP contribution in [0.5, 0.6) is 0 Å². The van der Waals surface area contributed by atoms with Gasteiger partial charge in [-0.05, 0) is 61.1 Å². The van der Waals surface area contributed by atoms with Crippen LogP contribution in [0.2, 0.25) is 5.02 Å². The van der Waals surface area contributed by atoms with Gasteiger partial charge in [0.05, 0.1) is 0 Å². The highest BCUT2D eigenvalue weighted by Crippen LogP contribution is 2.51. The molecule has 3 rings (SSSR count). The van der Waals surface area contributed by atoms with Crippen LogP contribution >= 0.6 is 11.6 Å². The van der Waals surface area contributed by atoms with Crippen molar-refractivity contribution in [1.29, 1.82) is 0 Å². The maximum absolute atomic E-state index is 9.66. The predicted molar refractivity (Wildman–Crippen MR) is 74.8 cm³/mol.